The highest BCUT2D eigenvalue weighted by atomic mass is 15.1. The monoisotopic (exact) mass is 792 g/mol. The summed E-state index contributed by atoms with van der Waals surface area (Å²) in [7, 11) is 0. The highest BCUT2D eigenvalue weighted by Gasteiger charge is 2.17. The molecule has 0 fully saturated rings. The van der Waals surface area contributed by atoms with Gasteiger partial charge >= 0.3 is 0 Å². The van der Waals surface area contributed by atoms with Crippen molar-refractivity contribution in [1.82, 2.24) is 0 Å². The lowest BCUT2D eigenvalue weighted by Crippen LogP contribution is -2.10. The molecular formula is C60H44N2. The van der Waals surface area contributed by atoms with Crippen LogP contribution in [-0.4, -0.2) is 0 Å². The minimum absolute atomic E-state index is 1.09. The minimum Gasteiger partial charge on any atom is -0.311 e. The molecule has 0 aliphatic heterocycles. The van der Waals surface area contributed by atoms with Gasteiger partial charge in [-0.3, -0.25) is 0 Å². The Bertz CT molecular complexity index is 2920. The Morgan fingerprint density at radius 1 is 0.145 bits per heavy atom. The van der Waals surface area contributed by atoms with Crippen LogP contribution in [0.2, 0.25) is 0 Å². The number of nitrogens with zero attached hydrogens (tertiary/aromatic N) is 2. The van der Waals surface area contributed by atoms with Gasteiger partial charge in [0, 0.05) is 34.1 Å². The molecular weight excluding hydrogens is 749 g/mol. The second-order valence-corrected chi connectivity index (χ2v) is 15.4. The average molecular weight is 793 g/mol. The molecule has 0 heterocycles. The second-order valence-electron chi connectivity index (χ2n) is 15.4. The molecule has 10 aromatic carbocycles. The molecule has 0 aliphatic rings. The molecule has 62 heavy (non-hydrogen) atoms. The lowest BCUT2D eigenvalue weighted by atomic mass is 10.0. The molecule has 0 amide bonds. The molecule has 2 nitrogen and oxygen atoms in total. The average Bonchev–Trinajstić information content (AvgIpc) is 3.36. The van der Waals surface area contributed by atoms with Crippen LogP contribution in [0.4, 0.5) is 34.1 Å². The SMILES string of the molecule is c1ccc(-c2ccc(N(c3ccc(-c4ccccc4)cc3)c3ccc(-c4cccc(N(c5ccc(-c6ccccc6)cc5)c5cccc(-c6ccccc6)c5)c4)cc3)cc2)cc1. The summed E-state index contributed by atoms with van der Waals surface area (Å²) >= 11 is 0. The van der Waals surface area contributed by atoms with E-state index in [2.05, 4.69) is 277 Å². The van der Waals surface area contributed by atoms with Crippen LogP contribution >= 0.6 is 0 Å². The molecule has 0 unspecified atom stereocenters. The minimum atomic E-state index is 1.09. The lowest BCUT2D eigenvalue weighted by Gasteiger charge is -2.27. The van der Waals surface area contributed by atoms with E-state index in [9.17, 15) is 0 Å². The van der Waals surface area contributed by atoms with E-state index in [1.54, 1.807) is 0 Å². The Morgan fingerprint density at radius 3 is 0.645 bits per heavy atom. The number of benzene rings is 10. The standard InChI is InChI=1S/C60H44N2/c1-5-15-45(16-6-1)49-27-35-55(36-28-49)61(56-37-29-50(30-38-56)46-17-7-2-8-18-46)57-41-33-52(34-42-57)54-24-14-26-60(44-54)62(58-39-31-51(32-40-58)47-19-9-3-10-20-47)59-25-13-23-53(43-59)48-21-11-4-12-22-48/h1-44H. The van der Waals surface area contributed by atoms with E-state index in [-0.39, 0.29) is 0 Å². The summed E-state index contributed by atoms with van der Waals surface area (Å²) in [5, 5.41) is 0. The zero-order valence-corrected chi connectivity index (χ0v) is 34.3. The van der Waals surface area contributed by atoms with Crippen molar-refractivity contribution in [3.05, 3.63) is 267 Å². The molecule has 0 N–H and O–H groups in total. The Hall–Kier alpha value is -8.20. The summed E-state index contributed by atoms with van der Waals surface area (Å²) in [4.78, 5) is 4.70. The molecule has 0 bridgehead atoms. The summed E-state index contributed by atoms with van der Waals surface area (Å²) in [5.74, 6) is 0. The van der Waals surface area contributed by atoms with E-state index < -0.39 is 0 Å². The van der Waals surface area contributed by atoms with Crippen molar-refractivity contribution >= 4 is 34.1 Å². The van der Waals surface area contributed by atoms with Gasteiger partial charge in [-0.05, 0) is 128 Å². The van der Waals surface area contributed by atoms with E-state index in [4.69, 9.17) is 0 Å². The summed E-state index contributed by atoms with van der Waals surface area (Å²) in [5.41, 5.74) is 18.4. The molecule has 0 radical (unpaired) electrons. The van der Waals surface area contributed by atoms with Crippen LogP contribution in [0.15, 0.2) is 267 Å². The van der Waals surface area contributed by atoms with Crippen LogP contribution in [0, 0.1) is 0 Å². The van der Waals surface area contributed by atoms with Gasteiger partial charge in [0.1, 0.15) is 0 Å². The highest BCUT2D eigenvalue weighted by molar-refractivity contribution is 5.85. The molecule has 2 heteroatoms. The summed E-state index contributed by atoms with van der Waals surface area (Å²) in [6, 6.07) is 95.6. The normalized spacial score (nSPS) is 10.9. The van der Waals surface area contributed by atoms with Crippen LogP contribution in [-0.2, 0) is 0 Å². The van der Waals surface area contributed by atoms with Gasteiger partial charge in [-0.15, -0.1) is 0 Å². The highest BCUT2D eigenvalue weighted by Crippen LogP contribution is 2.41. The van der Waals surface area contributed by atoms with E-state index in [1.165, 1.54) is 44.5 Å². The van der Waals surface area contributed by atoms with Gasteiger partial charge in [0.15, 0.2) is 0 Å². The van der Waals surface area contributed by atoms with Crippen molar-refractivity contribution in [2.45, 2.75) is 0 Å². The number of hydrogen-bond acceptors (Lipinski definition) is 2. The molecule has 0 aliphatic carbocycles. The zero-order valence-electron chi connectivity index (χ0n) is 34.3. The first-order chi connectivity index (χ1) is 30.7. The van der Waals surface area contributed by atoms with Crippen LogP contribution in [0.1, 0.15) is 0 Å². The number of anilines is 6. The smallest absolute Gasteiger partial charge is 0.0467 e. The number of hydrogen-bond donors (Lipinski definition) is 0. The maximum Gasteiger partial charge on any atom is 0.0467 e. The van der Waals surface area contributed by atoms with Crippen molar-refractivity contribution in [3.63, 3.8) is 0 Å². The third-order valence-corrected chi connectivity index (χ3v) is 11.5. The fraction of sp³-hybridized carbons (Fsp3) is 0. The summed E-state index contributed by atoms with van der Waals surface area (Å²) in [6.45, 7) is 0. The molecule has 10 aromatic rings. The topological polar surface area (TPSA) is 6.48 Å². The maximum absolute atomic E-state index is 2.36. The molecule has 10 rings (SSSR count). The van der Waals surface area contributed by atoms with Crippen molar-refractivity contribution in [2.75, 3.05) is 9.80 Å². The predicted octanol–water partition coefficient (Wildman–Crippen LogP) is 17.0. The third-order valence-electron chi connectivity index (χ3n) is 11.5. The molecule has 294 valence electrons. The molecule has 0 spiro atoms. The van der Waals surface area contributed by atoms with Crippen molar-refractivity contribution in [2.24, 2.45) is 0 Å². The lowest BCUT2D eigenvalue weighted by molar-refractivity contribution is 1.28. The predicted molar refractivity (Wildman–Crippen MR) is 263 cm³/mol. The Balaban J connectivity index is 1.01. The van der Waals surface area contributed by atoms with Crippen LogP contribution in [0.5, 0.6) is 0 Å². The largest absolute Gasteiger partial charge is 0.311 e. The van der Waals surface area contributed by atoms with Gasteiger partial charge in [0.05, 0.1) is 0 Å². The fourth-order valence-electron chi connectivity index (χ4n) is 8.28. The first kappa shape index (κ1) is 38.0. The van der Waals surface area contributed by atoms with E-state index in [0.717, 1.165) is 45.3 Å². The van der Waals surface area contributed by atoms with E-state index >= 15 is 0 Å². The van der Waals surface area contributed by atoms with Gasteiger partial charge in [-0.2, -0.15) is 0 Å². The van der Waals surface area contributed by atoms with Crippen molar-refractivity contribution < 1.29 is 0 Å². The zero-order chi connectivity index (χ0) is 41.5. The molecule has 0 aromatic heterocycles. The van der Waals surface area contributed by atoms with Crippen LogP contribution < -0.4 is 9.80 Å². The van der Waals surface area contributed by atoms with Crippen LogP contribution in [0.25, 0.3) is 55.6 Å². The second kappa shape index (κ2) is 17.6. The first-order valence-electron chi connectivity index (χ1n) is 21.2. The van der Waals surface area contributed by atoms with Crippen molar-refractivity contribution in [1.29, 1.82) is 0 Å². The molecule has 0 atom stereocenters. The van der Waals surface area contributed by atoms with Crippen molar-refractivity contribution in [3.8, 4) is 55.6 Å². The molecule has 0 saturated carbocycles. The van der Waals surface area contributed by atoms with Gasteiger partial charge in [0.2, 0.25) is 0 Å². The van der Waals surface area contributed by atoms with Gasteiger partial charge in [0.25, 0.3) is 0 Å². The van der Waals surface area contributed by atoms with Gasteiger partial charge < -0.3 is 9.80 Å². The quantitative estimate of drug-likeness (QED) is 0.129. The van der Waals surface area contributed by atoms with E-state index in [1.807, 2.05) is 0 Å². The Kier molecular flexibility index (Phi) is 10.8. The Labute approximate surface area is 364 Å². The van der Waals surface area contributed by atoms with E-state index in [0.29, 0.717) is 0 Å². The number of rotatable bonds is 11. The fourth-order valence-corrected chi connectivity index (χ4v) is 8.28. The third kappa shape index (κ3) is 8.18. The van der Waals surface area contributed by atoms with Crippen LogP contribution in [0.3, 0.4) is 0 Å². The van der Waals surface area contributed by atoms with Gasteiger partial charge in [-0.1, -0.05) is 194 Å². The maximum atomic E-state index is 2.36. The summed E-state index contributed by atoms with van der Waals surface area (Å²) in [6.07, 6.45) is 0. The Morgan fingerprint density at radius 2 is 0.355 bits per heavy atom. The van der Waals surface area contributed by atoms with Gasteiger partial charge in [-0.25, -0.2) is 0 Å². The first-order valence-corrected chi connectivity index (χ1v) is 21.2. The molecule has 0 saturated heterocycles. The summed E-state index contributed by atoms with van der Waals surface area (Å²) < 4.78 is 0.